The Kier molecular flexibility index (Phi) is 14.6. The van der Waals surface area contributed by atoms with E-state index >= 15 is 0 Å². The van der Waals surface area contributed by atoms with Gasteiger partial charge in [-0.05, 0) is 91.2 Å². The van der Waals surface area contributed by atoms with E-state index < -0.39 is 35.5 Å². The van der Waals surface area contributed by atoms with Crippen LogP contribution in [0, 0.1) is 23.7 Å². The van der Waals surface area contributed by atoms with E-state index in [1.54, 1.807) is 9.80 Å². The number of likely N-dealkylation sites (tertiary alicyclic amines) is 2. The van der Waals surface area contributed by atoms with Crippen molar-refractivity contribution >= 4 is 18.0 Å². The van der Waals surface area contributed by atoms with Crippen LogP contribution in [0.3, 0.4) is 0 Å². The van der Waals surface area contributed by atoms with Gasteiger partial charge in [0.1, 0.15) is 35.5 Å². The number of ether oxygens (including phenoxy) is 2. The maximum atomic E-state index is 14.8. The highest BCUT2D eigenvalue weighted by Crippen LogP contribution is 2.28. The van der Waals surface area contributed by atoms with Gasteiger partial charge in [0.25, 0.3) is 0 Å². The predicted octanol–water partition coefficient (Wildman–Crippen LogP) is 4.29. The van der Waals surface area contributed by atoms with Gasteiger partial charge >= 0.3 is 18.0 Å². The number of hydrogen-bond donors (Lipinski definition) is 2. The van der Waals surface area contributed by atoms with Crippen LogP contribution in [0.5, 0.6) is 0 Å². The van der Waals surface area contributed by atoms with Gasteiger partial charge in [-0.25, -0.2) is 4.79 Å². The van der Waals surface area contributed by atoms with E-state index in [-0.39, 0.29) is 43.1 Å². The molecule has 2 aromatic rings. The van der Waals surface area contributed by atoms with Crippen LogP contribution in [-0.2, 0) is 31.9 Å². The van der Waals surface area contributed by atoms with Crippen molar-refractivity contribution in [2.45, 2.75) is 128 Å². The second kappa shape index (κ2) is 19.2. The van der Waals surface area contributed by atoms with Crippen molar-refractivity contribution in [3.8, 4) is 23.7 Å². The summed E-state index contributed by atoms with van der Waals surface area (Å²) in [5.41, 5.74) is 0.637. The highest BCUT2D eigenvalue weighted by Gasteiger charge is 2.46. The summed E-state index contributed by atoms with van der Waals surface area (Å²) in [7, 11) is 0. The summed E-state index contributed by atoms with van der Waals surface area (Å²) in [6.07, 6.45) is 1.14. The third kappa shape index (κ3) is 11.8. The summed E-state index contributed by atoms with van der Waals surface area (Å²) in [6, 6.07) is 16.5. The van der Waals surface area contributed by atoms with E-state index in [2.05, 4.69) is 23.7 Å². The van der Waals surface area contributed by atoms with Crippen LogP contribution in [0.15, 0.2) is 60.7 Å². The normalized spacial score (nSPS) is 24.8. The van der Waals surface area contributed by atoms with Crippen LogP contribution < -0.4 is 0 Å². The summed E-state index contributed by atoms with van der Waals surface area (Å²) in [5.74, 6) is 12.2. The van der Waals surface area contributed by atoms with E-state index in [9.17, 15) is 24.6 Å². The molecular weight excluding hydrogens is 709 g/mol. The molecule has 3 fully saturated rings. The SMILES string of the molecule is CC(C)(C)OC(=O)C1CCCN1CC#CCN1C(=O)N(CC#CCN2CCCC2C(=O)OC(C)(C)C)[C@H](Cc2ccccc2)[C@H](O)[C@@H](O)[C@H]1Cc1ccccc1. The van der Waals surface area contributed by atoms with E-state index in [1.807, 2.05) is 112 Å². The lowest BCUT2D eigenvalue weighted by atomic mass is 9.91. The molecule has 2 N–H and O–H groups in total. The molecule has 2 aromatic carbocycles. The number of rotatable bonds is 10. The number of benzene rings is 2. The lowest BCUT2D eigenvalue weighted by molar-refractivity contribution is -0.161. The van der Waals surface area contributed by atoms with Gasteiger partial charge in [0, 0.05) is 13.1 Å². The molecule has 11 nitrogen and oxygen atoms in total. The van der Waals surface area contributed by atoms with Crippen molar-refractivity contribution < 1.29 is 34.1 Å². The Bertz CT molecular complexity index is 1620. The summed E-state index contributed by atoms with van der Waals surface area (Å²) in [4.78, 5) is 47.9. The van der Waals surface area contributed by atoms with Crippen molar-refractivity contribution in [1.29, 1.82) is 0 Å². The standard InChI is InChI=1S/C45H60N4O7/c1-44(2,3)55-41(52)35-23-17-27-46(35)25-13-15-29-48-37(31-33-19-9-7-10-20-33)39(50)40(51)38(32-34-21-11-8-12-22-34)49(43(48)54)30-16-14-26-47-28-18-24-36(47)42(53)56-45(4,5)6/h7-12,19-22,35-40,50-51H,17-18,23-32H2,1-6H3/t35?,36?,37-,38-,39+,40+/m1/s1. The highest BCUT2D eigenvalue weighted by molar-refractivity contribution is 5.78. The minimum absolute atomic E-state index is 0.00160. The van der Waals surface area contributed by atoms with Crippen LogP contribution in [0.1, 0.15) is 78.4 Å². The molecule has 6 atom stereocenters. The van der Waals surface area contributed by atoms with Crippen LogP contribution in [0.2, 0.25) is 0 Å². The molecule has 3 saturated heterocycles. The number of carbonyl (C=O) groups is 3. The largest absolute Gasteiger partial charge is 0.459 e. The van der Waals surface area contributed by atoms with E-state index in [0.29, 0.717) is 51.9 Å². The molecule has 11 heteroatoms. The highest BCUT2D eigenvalue weighted by atomic mass is 16.6. The van der Waals surface area contributed by atoms with Crippen LogP contribution in [0.25, 0.3) is 0 Å². The van der Waals surface area contributed by atoms with Gasteiger partial charge in [-0.3, -0.25) is 19.4 Å². The van der Waals surface area contributed by atoms with Crippen molar-refractivity contribution in [3.05, 3.63) is 71.8 Å². The molecule has 2 amide bonds. The van der Waals surface area contributed by atoms with Gasteiger partial charge in [0.05, 0.1) is 38.3 Å². The predicted molar refractivity (Wildman–Crippen MR) is 215 cm³/mol. The third-order valence-electron chi connectivity index (χ3n) is 10.4. The number of urea groups is 1. The summed E-state index contributed by atoms with van der Waals surface area (Å²) in [5, 5.41) is 23.9. The fourth-order valence-corrected chi connectivity index (χ4v) is 7.72. The first-order valence-electron chi connectivity index (χ1n) is 20.0. The number of aliphatic hydroxyl groups is 2. The topological polar surface area (TPSA) is 123 Å². The van der Waals surface area contributed by atoms with Crippen molar-refractivity contribution in [3.63, 3.8) is 0 Å². The number of carbonyl (C=O) groups excluding carboxylic acids is 3. The second-order valence-electron chi connectivity index (χ2n) is 17.1. The lowest BCUT2D eigenvalue weighted by Gasteiger charge is -2.33. The van der Waals surface area contributed by atoms with Crippen molar-refractivity contribution in [2.75, 3.05) is 39.3 Å². The fraction of sp³-hybridized carbons (Fsp3) is 0.578. The molecule has 3 aliphatic rings. The molecule has 3 aliphatic heterocycles. The van der Waals surface area contributed by atoms with E-state index in [0.717, 1.165) is 24.0 Å². The van der Waals surface area contributed by atoms with Gasteiger partial charge in [-0.1, -0.05) is 84.3 Å². The first kappa shape index (κ1) is 42.7. The molecular formula is C45H60N4O7. The number of aliphatic hydroxyl groups excluding tert-OH is 2. The molecule has 5 rings (SSSR count). The Hall–Kier alpha value is -4.39. The maximum absolute atomic E-state index is 14.8. The Labute approximate surface area is 333 Å². The maximum Gasteiger partial charge on any atom is 0.323 e. The van der Waals surface area contributed by atoms with Crippen molar-refractivity contribution in [2.24, 2.45) is 0 Å². The Morgan fingerprint density at radius 1 is 0.625 bits per heavy atom. The lowest BCUT2D eigenvalue weighted by Crippen LogP contribution is -2.51. The number of hydrogen-bond acceptors (Lipinski definition) is 9. The molecule has 56 heavy (non-hydrogen) atoms. The van der Waals surface area contributed by atoms with Crippen molar-refractivity contribution in [1.82, 2.24) is 19.6 Å². The van der Waals surface area contributed by atoms with Crippen LogP contribution in [0.4, 0.5) is 4.79 Å². The average molecular weight is 769 g/mol. The fourth-order valence-electron chi connectivity index (χ4n) is 7.72. The zero-order valence-corrected chi connectivity index (χ0v) is 33.9. The molecule has 0 aliphatic carbocycles. The van der Waals surface area contributed by atoms with Crippen LogP contribution >= 0.6 is 0 Å². The first-order chi connectivity index (χ1) is 26.6. The van der Waals surface area contributed by atoms with E-state index in [4.69, 9.17) is 9.47 Å². The Morgan fingerprint density at radius 2 is 0.982 bits per heavy atom. The molecule has 0 saturated carbocycles. The minimum atomic E-state index is -1.29. The molecule has 0 bridgehead atoms. The summed E-state index contributed by atoms with van der Waals surface area (Å²) >= 11 is 0. The molecule has 0 spiro atoms. The van der Waals surface area contributed by atoms with Gasteiger partial charge in [0.2, 0.25) is 0 Å². The van der Waals surface area contributed by atoms with Gasteiger partial charge in [-0.2, -0.15) is 0 Å². The molecule has 3 heterocycles. The zero-order valence-electron chi connectivity index (χ0n) is 33.9. The molecule has 2 unspecified atom stereocenters. The average Bonchev–Trinajstić information content (AvgIpc) is 3.81. The number of amides is 2. The van der Waals surface area contributed by atoms with Gasteiger partial charge in [0.15, 0.2) is 0 Å². The minimum Gasteiger partial charge on any atom is -0.459 e. The van der Waals surface area contributed by atoms with Gasteiger partial charge < -0.3 is 29.5 Å². The van der Waals surface area contributed by atoms with E-state index in [1.165, 1.54) is 0 Å². The molecule has 302 valence electrons. The smallest absolute Gasteiger partial charge is 0.323 e. The Morgan fingerprint density at radius 3 is 1.34 bits per heavy atom. The summed E-state index contributed by atoms with van der Waals surface area (Å²) in [6.45, 7) is 13.2. The zero-order chi connectivity index (χ0) is 40.5. The third-order valence-corrected chi connectivity index (χ3v) is 10.4. The second-order valence-corrected chi connectivity index (χ2v) is 17.1. The molecule has 0 aromatic heterocycles. The number of nitrogens with zero attached hydrogens (tertiary/aromatic N) is 4. The van der Waals surface area contributed by atoms with Gasteiger partial charge in [-0.15, -0.1) is 0 Å². The van der Waals surface area contributed by atoms with Crippen LogP contribution in [-0.4, -0.2) is 135 Å². The number of esters is 2. The molecule has 0 radical (unpaired) electrons. The summed E-state index contributed by atoms with van der Waals surface area (Å²) < 4.78 is 11.3. The first-order valence-corrected chi connectivity index (χ1v) is 20.0. The Balaban J connectivity index is 1.41. The quantitative estimate of drug-likeness (QED) is 0.270. The monoisotopic (exact) mass is 768 g/mol.